The van der Waals surface area contributed by atoms with Crippen molar-refractivity contribution in [2.75, 3.05) is 13.2 Å². The first-order chi connectivity index (χ1) is 57.6. The van der Waals surface area contributed by atoms with Crippen LogP contribution in [0.1, 0.15) is 219 Å². The highest BCUT2D eigenvalue weighted by Gasteiger charge is 2.82. The molecule has 0 radical (unpaired) electrons. The molecule has 26 atom stereocenters. The van der Waals surface area contributed by atoms with Gasteiger partial charge in [-0.3, -0.25) is 19.2 Å². The molecule has 10 aliphatic rings. The van der Waals surface area contributed by atoms with Crippen molar-refractivity contribution in [3.8, 4) is 0 Å². The third-order valence-corrected chi connectivity index (χ3v) is 26.9. The van der Waals surface area contributed by atoms with Crippen LogP contribution >= 0.6 is 0 Å². The molecule has 2 amide bonds. The zero-order valence-electron chi connectivity index (χ0n) is 75.1. The van der Waals surface area contributed by atoms with Crippen molar-refractivity contribution in [3.63, 3.8) is 0 Å². The summed E-state index contributed by atoms with van der Waals surface area (Å²) in [5.74, 6) is -9.13. The molecule has 4 saturated carbocycles. The first-order valence-electron chi connectivity index (χ1n) is 42.6. The van der Waals surface area contributed by atoms with Crippen molar-refractivity contribution in [2.45, 2.75) is 342 Å². The quantitative estimate of drug-likeness (QED) is 0.0362. The third-order valence-electron chi connectivity index (χ3n) is 26.9. The fourth-order valence-corrected chi connectivity index (χ4v) is 21.4. The minimum atomic E-state index is -2.23. The lowest BCUT2D eigenvalue weighted by atomic mass is 9.44. The summed E-state index contributed by atoms with van der Waals surface area (Å²) in [4.78, 5) is 136. The van der Waals surface area contributed by atoms with Crippen molar-refractivity contribution in [1.29, 1.82) is 0 Å². The van der Waals surface area contributed by atoms with Gasteiger partial charge >= 0.3 is 59.9 Å². The predicted molar refractivity (Wildman–Crippen MR) is 447 cm³/mol. The van der Waals surface area contributed by atoms with E-state index in [0.29, 0.717) is 22.3 Å². The van der Waals surface area contributed by atoms with Crippen LogP contribution in [0.5, 0.6) is 0 Å². The zero-order chi connectivity index (χ0) is 91.8. The van der Waals surface area contributed by atoms with Gasteiger partial charge in [-0.05, 0) is 139 Å². The normalized spacial score (nSPS) is 35.2. The standard InChI is InChI=1S/2C46H63NO15.CH4/c2*1-13-32-58-30-20-31-45(22-55-31,61-26(6)49)36-38(60-39(51)27-17-15-14-16-18-27)46(54)21-29(57-40(52)34(50)28(19-23(2)3)47-41(53)62-42(7,8)9)24(4)33(43(46,10)11)35(56-25(5)48)37(59-32)44(30,36)12;/h2*13-18,23,28-32,34-38,50,54H,1,19-22H2,2-12H3,(H,47,53);1H4/t28-,29-,30-,31+,32+,34+,35-,36-,37-,38-,44+,45-,46+;28-,29-,30-,31+,32-,34+,35-,36-,37-,38-,44+,45-,46+;/m00./s1. The number of carbonyl (C=O) groups excluding carboxylic acids is 10. The number of aliphatic hydroxyl groups is 4. The molecule has 0 spiro atoms. The second kappa shape index (κ2) is 36.4. The van der Waals surface area contributed by atoms with Crippen LogP contribution in [-0.2, 0) is 105 Å². The Balaban J connectivity index is 0.000000259. The van der Waals surface area contributed by atoms with E-state index < -0.39 is 250 Å². The molecule has 12 rings (SSSR count). The van der Waals surface area contributed by atoms with Crippen LogP contribution < -0.4 is 10.6 Å². The molecule has 4 saturated heterocycles. The summed E-state index contributed by atoms with van der Waals surface area (Å²) in [6.07, 6.45) is -18.7. The van der Waals surface area contributed by atoms with Crippen LogP contribution in [0.25, 0.3) is 0 Å². The Morgan fingerprint density at radius 2 is 0.824 bits per heavy atom. The Morgan fingerprint density at radius 3 is 1.10 bits per heavy atom. The van der Waals surface area contributed by atoms with Crippen LogP contribution in [0.2, 0.25) is 0 Å². The Kier molecular flexibility index (Phi) is 28.7. The molecule has 2 aromatic carbocycles. The second-order valence-corrected chi connectivity index (χ2v) is 39.1. The van der Waals surface area contributed by atoms with E-state index in [1.165, 1.54) is 39.8 Å². The maximum absolute atomic E-state index is 14.4. The number of hydrogen-bond donors (Lipinski definition) is 6. The van der Waals surface area contributed by atoms with Gasteiger partial charge in [0.05, 0.1) is 60.5 Å². The van der Waals surface area contributed by atoms with Gasteiger partial charge in [0, 0.05) is 75.0 Å². The van der Waals surface area contributed by atoms with Crippen molar-refractivity contribution < 1.29 is 144 Å². The number of nitrogens with one attached hydrogen (secondary N) is 2. The number of aliphatic hydroxyl groups excluding tert-OH is 2. The number of amides is 2. The summed E-state index contributed by atoms with van der Waals surface area (Å²) in [7, 11) is 0. The van der Waals surface area contributed by atoms with Crippen LogP contribution in [0, 0.1) is 45.3 Å². The lowest BCUT2D eigenvalue weighted by Gasteiger charge is -2.71. The van der Waals surface area contributed by atoms with Gasteiger partial charge in [-0.2, -0.15) is 0 Å². The van der Waals surface area contributed by atoms with Gasteiger partial charge in [-0.15, -0.1) is 0 Å². The zero-order valence-corrected chi connectivity index (χ0v) is 75.1. The van der Waals surface area contributed by atoms with Gasteiger partial charge in [0.25, 0.3) is 0 Å². The minimum Gasteiger partial charge on any atom is -0.456 e. The summed E-state index contributed by atoms with van der Waals surface area (Å²) in [6.45, 7) is 43.9. The molecule has 2 aromatic rings. The van der Waals surface area contributed by atoms with Crippen molar-refractivity contribution in [1.82, 2.24) is 10.6 Å². The average molecular weight is 1760 g/mol. The Bertz CT molecular complexity index is 4190. The van der Waals surface area contributed by atoms with E-state index in [1.54, 1.807) is 144 Å². The first-order valence-corrected chi connectivity index (χ1v) is 42.6. The number of alkyl carbamates (subject to hydrolysis) is 2. The summed E-state index contributed by atoms with van der Waals surface area (Å²) in [5.41, 5.74) is -13.3. The highest BCUT2D eigenvalue weighted by atomic mass is 16.7. The summed E-state index contributed by atoms with van der Waals surface area (Å²) in [6, 6.07) is 14.1. The summed E-state index contributed by atoms with van der Waals surface area (Å²) in [5, 5.41) is 56.2. The fraction of sp³-hybridized carbons (Fsp3) is 0.677. The molecular weight excluding hydrogens is 1630 g/mol. The molecule has 8 fully saturated rings. The molecule has 4 aliphatic heterocycles. The number of fused-ring (bicyclic) bond motifs is 8. The lowest BCUT2D eigenvalue weighted by molar-refractivity contribution is -0.405. The molecule has 125 heavy (non-hydrogen) atoms. The Labute approximate surface area is 731 Å². The monoisotopic (exact) mass is 1750 g/mol. The molecule has 4 bridgehead atoms. The number of rotatable bonds is 22. The fourth-order valence-electron chi connectivity index (χ4n) is 21.4. The molecule has 6 N–H and O–H groups in total. The lowest BCUT2D eigenvalue weighted by Crippen LogP contribution is -2.83. The van der Waals surface area contributed by atoms with Crippen LogP contribution in [0.4, 0.5) is 9.59 Å². The van der Waals surface area contributed by atoms with E-state index in [0.717, 1.165) is 0 Å². The molecular formula is C93H130N2O30. The second-order valence-electron chi connectivity index (χ2n) is 39.1. The third kappa shape index (κ3) is 18.4. The average Bonchev–Trinajstić information content (AvgIpc) is 0.666. The maximum Gasteiger partial charge on any atom is 0.407 e. The minimum absolute atomic E-state index is 0. The van der Waals surface area contributed by atoms with Crippen LogP contribution in [-0.4, -0.2) is 237 Å². The van der Waals surface area contributed by atoms with Gasteiger partial charge < -0.3 is 107 Å². The summed E-state index contributed by atoms with van der Waals surface area (Å²) >= 11 is 0. The van der Waals surface area contributed by atoms with E-state index in [9.17, 15) is 68.4 Å². The van der Waals surface area contributed by atoms with E-state index in [-0.39, 0.29) is 69.3 Å². The van der Waals surface area contributed by atoms with Gasteiger partial charge in [0.15, 0.2) is 48.2 Å². The molecule has 0 unspecified atom stereocenters. The highest BCUT2D eigenvalue weighted by molar-refractivity contribution is 5.90. The number of esters is 8. The molecule has 6 aliphatic carbocycles. The first kappa shape index (κ1) is 98.5. The van der Waals surface area contributed by atoms with Crippen molar-refractivity contribution >= 4 is 59.9 Å². The van der Waals surface area contributed by atoms with E-state index >= 15 is 0 Å². The smallest absolute Gasteiger partial charge is 0.407 e. The number of ether oxygens (including phenoxy) is 16. The van der Waals surface area contributed by atoms with Gasteiger partial charge in [0.1, 0.15) is 71.2 Å². The Morgan fingerprint density at radius 1 is 0.496 bits per heavy atom. The SMILES string of the molecule is C.C=C[C@@H]1O[C@H]2C[C@H]3OC[C@@]3(OC(C)=O)[C@H]3[C@H](OC(=O)c4ccccc4)[C@]4(O)C[C@H](OC(=O)[C@H](O)[C@H](CC(C)C)NC(=O)OC(C)(C)C)C(C)=C([C@H](OC(C)=O)[C@H](O1)[C@]23C)C4(C)C.C=C[C@H]1O[C@H]2C[C@H]3OC[C@@]3(OC(C)=O)[C@H]3[C@H](OC(=O)c4ccccc4)[C@]4(O)C[C@H](OC(=O)[C@H](O)[C@H](CC(C)C)NC(=O)OC(C)(C)C)C(C)=C([C@H](OC(C)=O)[C@H](O1)[C@]23C)C4(C)C. The molecule has 4 heterocycles. The van der Waals surface area contributed by atoms with E-state index in [1.807, 2.05) is 41.5 Å². The number of benzene rings is 2. The van der Waals surface area contributed by atoms with Gasteiger partial charge in [0.2, 0.25) is 0 Å². The highest BCUT2D eigenvalue weighted by Crippen LogP contribution is 2.70. The van der Waals surface area contributed by atoms with Gasteiger partial charge in [-0.1, -0.05) is 126 Å². The largest absolute Gasteiger partial charge is 0.456 e. The summed E-state index contributed by atoms with van der Waals surface area (Å²) < 4.78 is 100. The molecule has 692 valence electrons. The predicted octanol–water partition coefficient (Wildman–Crippen LogP) is 10.4. The van der Waals surface area contributed by atoms with Crippen LogP contribution in [0.3, 0.4) is 0 Å². The Hall–Kier alpha value is -8.70. The molecule has 0 aromatic heterocycles. The van der Waals surface area contributed by atoms with E-state index in [4.69, 9.17) is 75.8 Å². The van der Waals surface area contributed by atoms with Crippen molar-refractivity contribution in [3.05, 3.63) is 119 Å². The molecule has 32 nitrogen and oxygen atoms in total. The van der Waals surface area contributed by atoms with Gasteiger partial charge in [-0.25, -0.2) is 28.8 Å². The molecule has 32 heteroatoms. The maximum atomic E-state index is 14.4. The van der Waals surface area contributed by atoms with Crippen molar-refractivity contribution in [2.24, 2.45) is 45.3 Å². The van der Waals surface area contributed by atoms with Crippen LogP contribution in [0.15, 0.2) is 108 Å². The van der Waals surface area contributed by atoms with E-state index in [2.05, 4.69) is 23.8 Å². The number of hydrogen-bond acceptors (Lipinski definition) is 30. The topological polar surface area (TPSA) is 423 Å². The number of carbonyl (C=O) groups is 10.